The highest BCUT2D eigenvalue weighted by molar-refractivity contribution is 5.85. The molecule has 2 aromatic rings. The lowest BCUT2D eigenvalue weighted by molar-refractivity contribution is -0.130. The molecule has 6 nitrogen and oxygen atoms in total. The summed E-state index contributed by atoms with van der Waals surface area (Å²) in [5.41, 5.74) is 7.36. The number of carbonyl (C=O) groups is 1. The van der Waals surface area contributed by atoms with Crippen LogP contribution in [0.15, 0.2) is 22.7 Å². The monoisotopic (exact) mass is 394 g/mol. The van der Waals surface area contributed by atoms with Crippen LogP contribution in [0.25, 0.3) is 11.4 Å². The van der Waals surface area contributed by atoms with Crippen LogP contribution >= 0.6 is 12.4 Å². The Morgan fingerprint density at radius 1 is 1.37 bits per heavy atom. The van der Waals surface area contributed by atoms with E-state index in [1.165, 1.54) is 6.07 Å². The number of aromatic nitrogens is 2. The van der Waals surface area contributed by atoms with Gasteiger partial charge in [0.15, 0.2) is 0 Å². The number of amides is 1. The largest absolute Gasteiger partial charge is 0.342 e. The van der Waals surface area contributed by atoms with Crippen molar-refractivity contribution in [2.75, 3.05) is 13.1 Å². The first-order valence-electron chi connectivity index (χ1n) is 9.13. The van der Waals surface area contributed by atoms with Gasteiger partial charge >= 0.3 is 0 Å². The summed E-state index contributed by atoms with van der Waals surface area (Å²) in [5, 5.41) is 3.94. The highest BCUT2D eigenvalue weighted by Crippen LogP contribution is 2.37. The molecule has 1 amide bonds. The number of aryl methyl sites for hydroxylation is 2. The number of hydrogen-bond donors (Lipinski definition) is 1. The fraction of sp³-hybridized carbons (Fsp3) is 0.526. The van der Waals surface area contributed by atoms with Crippen molar-refractivity contribution in [3.05, 3.63) is 35.5 Å². The van der Waals surface area contributed by atoms with Crippen LogP contribution in [0.2, 0.25) is 0 Å². The van der Waals surface area contributed by atoms with Gasteiger partial charge in [0.2, 0.25) is 17.6 Å². The molecule has 1 aromatic heterocycles. The van der Waals surface area contributed by atoms with Gasteiger partial charge in [-0.1, -0.05) is 5.16 Å². The Labute approximate surface area is 163 Å². The summed E-state index contributed by atoms with van der Waals surface area (Å²) in [6.07, 6.45) is 2.95. The summed E-state index contributed by atoms with van der Waals surface area (Å²) in [5.74, 6) is 1.70. The average Bonchev–Trinajstić information content (AvgIpc) is 3.33. The van der Waals surface area contributed by atoms with Crippen molar-refractivity contribution in [2.45, 2.75) is 38.6 Å². The fourth-order valence-corrected chi connectivity index (χ4v) is 4.14. The molecule has 8 heteroatoms. The van der Waals surface area contributed by atoms with E-state index in [9.17, 15) is 9.18 Å². The van der Waals surface area contributed by atoms with Crippen LogP contribution in [0.1, 0.15) is 30.7 Å². The van der Waals surface area contributed by atoms with E-state index in [1.807, 2.05) is 4.90 Å². The first kappa shape index (κ1) is 19.8. The normalized spacial score (nSPS) is 24.0. The number of benzene rings is 1. The Kier molecular flexibility index (Phi) is 5.81. The third-order valence-corrected chi connectivity index (χ3v) is 5.70. The van der Waals surface area contributed by atoms with Crippen molar-refractivity contribution in [2.24, 2.45) is 17.6 Å². The summed E-state index contributed by atoms with van der Waals surface area (Å²) < 4.78 is 18.6. The maximum absolute atomic E-state index is 13.4. The molecule has 1 aliphatic heterocycles. The van der Waals surface area contributed by atoms with Gasteiger partial charge in [0.1, 0.15) is 5.82 Å². The highest BCUT2D eigenvalue weighted by atomic mass is 35.5. The number of rotatable bonds is 4. The van der Waals surface area contributed by atoms with Crippen LogP contribution in [0.4, 0.5) is 4.39 Å². The molecule has 2 aliphatic rings. The molecule has 3 atom stereocenters. The maximum atomic E-state index is 13.4. The minimum atomic E-state index is -0.266. The molecule has 2 heterocycles. The van der Waals surface area contributed by atoms with Gasteiger partial charge in [-0.15, -0.1) is 12.4 Å². The molecule has 3 unspecified atom stereocenters. The maximum Gasteiger partial charge on any atom is 0.227 e. The molecule has 2 N–H and O–H groups in total. The first-order valence-corrected chi connectivity index (χ1v) is 9.13. The zero-order valence-electron chi connectivity index (χ0n) is 15.2. The molecule has 1 aromatic carbocycles. The van der Waals surface area contributed by atoms with Crippen LogP contribution in [0.5, 0.6) is 0 Å². The molecule has 1 aliphatic carbocycles. The molecule has 4 rings (SSSR count). The number of halogens is 2. The lowest BCUT2D eigenvalue weighted by Crippen LogP contribution is -2.33. The van der Waals surface area contributed by atoms with Gasteiger partial charge in [-0.3, -0.25) is 4.79 Å². The minimum absolute atomic E-state index is 0. The van der Waals surface area contributed by atoms with Crippen molar-refractivity contribution < 1.29 is 13.7 Å². The molecule has 0 bridgehead atoms. The van der Waals surface area contributed by atoms with E-state index in [2.05, 4.69) is 10.1 Å². The Balaban J connectivity index is 0.00000210. The zero-order chi connectivity index (χ0) is 18.3. The number of carbonyl (C=O) groups excluding carboxylic acids is 1. The second-order valence-corrected chi connectivity index (χ2v) is 7.44. The van der Waals surface area contributed by atoms with Gasteiger partial charge in [0, 0.05) is 37.5 Å². The van der Waals surface area contributed by atoms with Crippen molar-refractivity contribution in [1.29, 1.82) is 0 Å². The van der Waals surface area contributed by atoms with Crippen molar-refractivity contribution >= 4 is 18.3 Å². The van der Waals surface area contributed by atoms with Crippen LogP contribution in [0.3, 0.4) is 0 Å². The SMILES string of the molecule is Cc1cc(-c2noc(CCC(=O)N3CC4CCC(N)C4C3)n2)ccc1F.Cl. The van der Waals surface area contributed by atoms with Crippen molar-refractivity contribution in [3.63, 3.8) is 0 Å². The van der Waals surface area contributed by atoms with Crippen LogP contribution in [0, 0.1) is 24.6 Å². The third kappa shape index (κ3) is 3.99. The van der Waals surface area contributed by atoms with E-state index in [4.69, 9.17) is 10.3 Å². The van der Waals surface area contributed by atoms with Crippen molar-refractivity contribution in [3.8, 4) is 11.4 Å². The smallest absolute Gasteiger partial charge is 0.227 e. The lowest BCUT2D eigenvalue weighted by Gasteiger charge is -2.18. The zero-order valence-corrected chi connectivity index (χ0v) is 16.0. The van der Waals surface area contributed by atoms with E-state index in [0.717, 1.165) is 25.9 Å². The van der Waals surface area contributed by atoms with Gasteiger partial charge in [0.05, 0.1) is 0 Å². The van der Waals surface area contributed by atoms with Gasteiger partial charge in [0.25, 0.3) is 0 Å². The number of likely N-dealkylation sites (tertiary alicyclic amines) is 1. The Hall–Kier alpha value is -1.99. The lowest BCUT2D eigenvalue weighted by atomic mass is 9.98. The summed E-state index contributed by atoms with van der Waals surface area (Å²) >= 11 is 0. The predicted octanol–water partition coefficient (Wildman–Crippen LogP) is 2.73. The molecular weight excluding hydrogens is 371 g/mol. The summed E-state index contributed by atoms with van der Waals surface area (Å²) in [4.78, 5) is 18.7. The van der Waals surface area contributed by atoms with Gasteiger partial charge in [-0.05, 0) is 55.4 Å². The topological polar surface area (TPSA) is 85.2 Å². The Bertz CT molecular complexity index is 828. The average molecular weight is 395 g/mol. The standard InChI is InChI=1S/C19H23FN4O2.ClH/c1-11-8-12(2-4-15(11)20)19-22-17(26-23-19)6-7-18(25)24-9-13-3-5-16(21)14(13)10-24;/h2,4,8,13-14,16H,3,5-7,9-10,21H2,1H3;1H. The van der Waals surface area contributed by atoms with Crippen molar-refractivity contribution in [1.82, 2.24) is 15.0 Å². The predicted molar refractivity (Wildman–Crippen MR) is 101 cm³/mol. The van der Waals surface area contributed by atoms with E-state index in [1.54, 1.807) is 19.1 Å². The molecular formula is C19H24ClFN4O2. The fourth-order valence-electron chi connectivity index (χ4n) is 4.14. The number of nitrogens with two attached hydrogens (primary N) is 1. The van der Waals surface area contributed by atoms with E-state index >= 15 is 0 Å². The molecule has 0 radical (unpaired) electrons. The van der Waals surface area contributed by atoms with Crippen LogP contribution < -0.4 is 5.73 Å². The third-order valence-electron chi connectivity index (χ3n) is 5.70. The Morgan fingerprint density at radius 2 is 2.19 bits per heavy atom. The molecule has 27 heavy (non-hydrogen) atoms. The van der Waals surface area contributed by atoms with Gasteiger partial charge in [-0.2, -0.15) is 4.98 Å². The second-order valence-electron chi connectivity index (χ2n) is 7.44. The summed E-state index contributed by atoms with van der Waals surface area (Å²) in [6.45, 7) is 3.28. The van der Waals surface area contributed by atoms with E-state index < -0.39 is 0 Å². The first-order chi connectivity index (χ1) is 12.5. The number of fused-ring (bicyclic) bond motifs is 1. The number of hydrogen-bond acceptors (Lipinski definition) is 5. The van der Waals surface area contributed by atoms with Gasteiger partial charge in [-0.25, -0.2) is 4.39 Å². The molecule has 1 saturated heterocycles. The van der Waals surface area contributed by atoms with Gasteiger partial charge < -0.3 is 15.2 Å². The second kappa shape index (κ2) is 7.94. The van der Waals surface area contributed by atoms with Crippen LogP contribution in [-0.2, 0) is 11.2 Å². The minimum Gasteiger partial charge on any atom is -0.342 e. The number of nitrogens with zero attached hydrogens (tertiary/aromatic N) is 3. The molecule has 2 fully saturated rings. The Morgan fingerprint density at radius 3 is 2.93 bits per heavy atom. The molecule has 1 saturated carbocycles. The van der Waals surface area contributed by atoms with E-state index in [-0.39, 0.29) is 30.2 Å². The summed E-state index contributed by atoms with van der Waals surface area (Å²) in [7, 11) is 0. The quantitative estimate of drug-likeness (QED) is 0.861. The summed E-state index contributed by atoms with van der Waals surface area (Å²) in [6, 6.07) is 4.92. The van der Waals surface area contributed by atoms with Crippen LogP contribution in [-0.4, -0.2) is 40.1 Å². The molecule has 0 spiro atoms. The van der Waals surface area contributed by atoms with E-state index in [0.29, 0.717) is 47.5 Å². The molecule has 146 valence electrons. The highest BCUT2D eigenvalue weighted by Gasteiger charge is 2.42.